The Morgan fingerprint density at radius 3 is 2.89 bits per heavy atom. The number of carbonyl (C=O) groups is 1. The Kier molecular flexibility index (Phi) is 5.09. The molecule has 0 aliphatic carbocycles. The molecular formula is C20H16ClNO4S. The number of pyridine rings is 1. The fourth-order valence-corrected chi connectivity index (χ4v) is 3.41. The highest BCUT2D eigenvalue weighted by atomic mass is 35.5. The number of aromatic nitrogens is 1. The summed E-state index contributed by atoms with van der Waals surface area (Å²) in [6.07, 6.45) is 1.20. The Hall–Kier alpha value is -2.44. The van der Waals surface area contributed by atoms with Crippen molar-refractivity contribution in [1.29, 1.82) is 0 Å². The molecule has 5 nitrogen and oxygen atoms in total. The van der Waals surface area contributed by atoms with Crippen LogP contribution in [0.2, 0.25) is 5.15 Å². The van der Waals surface area contributed by atoms with Gasteiger partial charge in [-0.3, -0.25) is 0 Å². The van der Waals surface area contributed by atoms with Crippen LogP contribution in [0.15, 0.2) is 53.4 Å². The van der Waals surface area contributed by atoms with Gasteiger partial charge in [0.2, 0.25) is 6.10 Å². The molecule has 2 aromatic carbocycles. The van der Waals surface area contributed by atoms with Gasteiger partial charge in [0, 0.05) is 15.8 Å². The lowest BCUT2D eigenvalue weighted by Gasteiger charge is -2.25. The molecule has 0 bridgehead atoms. The van der Waals surface area contributed by atoms with E-state index in [1.165, 1.54) is 0 Å². The summed E-state index contributed by atoms with van der Waals surface area (Å²) in [6, 6.07) is 15.1. The lowest BCUT2D eigenvalue weighted by Crippen LogP contribution is -2.37. The summed E-state index contributed by atoms with van der Waals surface area (Å²) >= 11 is 7.91. The molecule has 0 saturated heterocycles. The normalized spacial score (nSPS) is 15.6. The number of fused-ring (bicyclic) bond motifs is 2. The van der Waals surface area contributed by atoms with Gasteiger partial charge in [-0.2, -0.15) is 0 Å². The lowest BCUT2D eigenvalue weighted by atomic mass is 10.1. The smallest absolute Gasteiger partial charge is 0.351 e. The molecule has 0 spiro atoms. The van der Waals surface area contributed by atoms with Crippen molar-refractivity contribution in [2.45, 2.75) is 17.6 Å². The van der Waals surface area contributed by atoms with Crippen LogP contribution in [-0.2, 0) is 16.1 Å². The minimum atomic E-state index is -0.809. The summed E-state index contributed by atoms with van der Waals surface area (Å²) in [5.41, 5.74) is 1.45. The van der Waals surface area contributed by atoms with Gasteiger partial charge in [0.05, 0.1) is 5.52 Å². The summed E-state index contributed by atoms with van der Waals surface area (Å²) in [4.78, 5) is 17.9. The first kappa shape index (κ1) is 17.9. The third-order valence-corrected chi connectivity index (χ3v) is 5.24. The summed E-state index contributed by atoms with van der Waals surface area (Å²) < 4.78 is 16.6. The minimum absolute atomic E-state index is 0.0202. The molecule has 1 aliphatic heterocycles. The van der Waals surface area contributed by atoms with Crippen LogP contribution in [0.5, 0.6) is 11.5 Å². The molecule has 0 N–H and O–H groups in total. The SMILES string of the molecule is CSc1ccc2cc(COC(=O)C3COc4ccccc4O3)c(Cl)nc2c1. The van der Waals surface area contributed by atoms with Crippen LogP contribution >= 0.6 is 23.4 Å². The number of thioether (sulfide) groups is 1. The van der Waals surface area contributed by atoms with E-state index in [0.29, 0.717) is 22.2 Å². The van der Waals surface area contributed by atoms with Gasteiger partial charge in [-0.1, -0.05) is 29.8 Å². The zero-order valence-electron chi connectivity index (χ0n) is 14.5. The molecule has 138 valence electrons. The molecule has 27 heavy (non-hydrogen) atoms. The van der Waals surface area contributed by atoms with Crippen molar-refractivity contribution in [1.82, 2.24) is 4.98 Å². The zero-order valence-corrected chi connectivity index (χ0v) is 16.0. The number of benzene rings is 2. The predicted molar refractivity (Wildman–Crippen MR) is 105 cm³/mol. The van der Waals surface area contributed by atoms with Gasteiger partial charge in [0.1, 0.15) is 18.4 Å². The van der Waals surface area contributed by atoms with Gasteiger partial charge in [0.25, 0.3) is 0 Å². The number of hydrogen-bond donors (Lipinski definition) is 0. The Morgan fingerprint density at radius 2 is 2.07 bits per heavy atom. The number of halogens is 1. The fraction of sp³-hybridized carbons (Fsp3) is 0.200. The topological polar surface area (TPSA) is 57.7 Å². The standard InChI is InChI=1S/C20H16ClNO4S/c1-27-14-7-6-12-8-13(19(21)22-15(12)9-14)10-25-20(23)18-11-24-16-4-2-3-5-17(16)26-18/h2-9,18H,10-11H2,1H3. The molecule has 0 saturated carbocycles. The molecule has 3 aromatic rings. The van der Waals surface area contributed by atoms with Crippen molar-refractivity contribution in [3.8, 4) is 11.5 Å². The Bertz CT molecular complexity index is 1010. The van der Waals surface area contributed by atoms with E-state index in [2.05, 4.69) is 4.98 Å². The highest BCUT2D eigenvalue weighted by Gasteiger charge is 2.28. The predicted octanol–water partition coefficient (Wildman–Crippen LogP) is 4.49. The van der Waals surface area contributed by atoms with Crippen LogP contribution in [-0.4, -0.2) is 29.9 Å². The number of esters is 1. The maximum atomic E-state index is 12.3. The van der Waals surface area contributed by atoms with Crippen LogP contribution in [0.3, 0.4) is 0 Å². The summed E-state index contributed by atoms with van der Waals surface area (Å²) in [5, 5.41) is 1.26. The quantitative estimate of drug-likeness (QED) is 0.364. The number of hydrogen-bond acceptors (Lipinski definition) is 6. The maximum absolute atomic E-state index is 12.3. The largest absolute Gasteiger partial charge is 0.485 e. The Labute approximate surface area is 165 Å². The van der Waals surface area contributed by atoms with Gasteiger partial charge in [0.15, 0.2) is 11.5 Å². The van der Waals surface area contributed by atoms with Gasteiger partial charge < -0.3 is 14.2 Å². The third kappa shape index (κ3) is 3.82. The molecule has 0 radical (unpaired) electrons. The third-order valence-electron chi connectivity index (χ3n) is 4.19. The maximum Gasteiger partial charge on any atom is 0.351 e. The first-order chi connectivity index (χ1) is 13.1. The number of para-hydroxylation sites is 2. The molecule has 1 aliphatic rings. The van der Waals surface area contributed by atoms with E-state index in [1.54, 1.807) is 23.9 Å². The molecule has 1 aromatic heterocycles. The average molecular weight is 402 g/mol. The Balaban J connectivity index is 1.45. The van der Waals surface area contributed by atoms with Crippen molar-refractivity contribution in [2.75, 3.05) is 12.9 Å². The van der Waals surface area contributed by atoms with Crippen LogP contribution in [0.4, 0.5) is 0 Å². The van der Waals surface area contributed by atoms with Crippen LogP contribution in [0.1, 0.15) is 5.56 Å². The first-order valence-corrected chi connectivity index (χ1v) is 9.92. The van der Waals surface area contributed by atoms with E-state index in [1.807, 2.05) is 42.7 Å². The number of rotatable bonds is 4. The highest BCUT2D eigenvalue weighted by molar-refractivity contribution is 7.98. The molecular weight excluding hydrogens is 386 g/mol. The fourth-order valence-electron chi connectivity index (χ4n) is 2.77. The Morgan fingerprint density at radius 1 is 1.26 bits per heavy atom. The summed E-state index contributed by atoms with van der Waals surface area (Å²) in [6.45, 7) is 0.128. The van der Waals surface area contributed by atoms with E-state index in [9.17, 15) is 4.79 Å². The van der Waals surface area contributed by atoms with Crippen molar-refractivity contribution in [2.24, 2.45) is 0 Å². The molecule has 7 heteroatoms. The summed E-state index contributed by atoms with van der Waals surface area (Å²) in [7, 11) is 0. The second-order valence-corrected chi connectivity index (χ2v) is 7.21. The minimum Gasteiger partial charge on any atom is -0.485 e. The zero-order chi connectivity index (χ0) is 18.8. The van der Waals surface area contributed by atoms with Gasteiger partial charge in [-0.25, -0.2) is 9.78 Å². The van der Waals surface area contributed by atoms with Crippen LogP contribution in [0.25, 0.3) is 10.9 Å². The van der Waals surface area contributed by atoms with Crippen molar-refractivity contribution in [3.05, 3.63) is 59.2 Å². The van der Waals surface area contributed by atoms with E-state index < -0.39 is 12.1 Å². The number of nitrogens with zero attached hydrogens (tertiary/aromatic N) is 1. The number of carbonyl (C=O) groups excluding carboxylic acids is 1. The van der Waals surface area contributed by atoms with Crippen LogP contribution in [0, 0.1) is 0 Å². The molecule has 4 rings (SSSR count). The first-order valence-electron chi connectivity index (χ1n) is 8.32. The van der Waals surface area contributed by atoms with Crippen molar-refractivity contribution in [3.63, 3.8) is 0 Å². The molecule has 2 heterocycles. The van der Waals surface area contributed by atoms with Crippen molar-refractivity contribution >= 4 is 40.2 Å². The second-order valence-electron chi connectivity index (χ2n) is 5.97. The van der Waals surface area contributed by atoms with E-state index >= 15 is 0 Å². The summed E-state index contributed by atoms with van der Waals surface area (Å²) in [5.74, 6) is 0.645. The van der Waals surface area contributed by atoms with Gasteiger partial charge in [-0.15, -0.1) is 11.8 Å². The molecule has 0 fully saturated rings. The van der Waals surface area contributed by atoms with E-state index in [-0.39, 0.29) is 13.2 Å². The highest BCUT2D eigenvalue weighted by Crippen LogP contribution is 2.31. The number of ether oxygens (including phenoxy) is 3. The molecule has 1 atom stereocenters. The molecule has 0 amide bonds. The van der Waals surface area contributed by atoms with E-state index in [0.717, 1.165) is 15.8 Å². The van der Waals surface area contributed by atoms with E-state index in [4.69, 9.17) is 25.8 Å². The van der Waals surface area contributed by atoms with Gasteiger partial charge >= 0.3 is 5.97 Å². The monoisotopic (exact) mass is 401 g/mol. The van der Waals surface area contributed by atoms with Crippen molar-refractivity contribution < 1.29 is 19.0 Å². The second kappa shape index (κ2) is 7.66. The molecule has 1 unspecified atom stereocenters. The average Bonchev–Trinajstić information content (AvgIpc) is 2.71. The van der Waals surface area contributed by atoms with Gasteiger partial charge in [-0.05, 0) is 36.6 Å². The lowest BCUT2D eigenvalue weighted by molar-refractivity contribution is -0.155. The van der Waals surface area contributed by atoms with Crippen LogP contribution < -0.4 is 9.47 Å².